The summed E-state index contributed by atoms with van der Waals surface area (Å²) in [4.78, 5) is 42.0. The minimum Gasteiger partial charge on any atom is -0.490 e. The first-order valence-electron chi connectivity index (χ1n) is 14.1. The summed E-state index contributed by atoms with van der Waals surface area (Å²) in [6, 6.07) is 15.5. The molecule has 1 unspecified atom stereocenters. The van der Waals surface area contributed by atoms with Crippen molar-refractivity contribution in [2.24, 2.45) is 0 Å². The standard InChI is InChI=1S/C19H22N2O4.C12H12N2/c22-17-9-8-16(18(23)20-17)21-11-12-10-14(6-7-15(12)19(21)24)25-13-4-2-1-3-5-13;1-2-4-12-11(3-1)10(5-6-14-12)9-7-13-8-9/h6-7,10,13,16H,1-5,8-9,11H2,(H,20,22,23);1-6,9,13H,7-8H2. The summed E-state index contributed by atoms with van der Waals surface area (Å²) in [5, 5.41) is 6.93. The summed E-state index contributed by atoms with van der Waals surface area (Å²) >= 11 is 0. The fourth-order valence-corrected chi connectivity index (χ4v) is 5.98. The maximum Gasteiger partial charge on any atom is 0.255 e. The Morgan fingerprint density at radius 1 is 0.923 bits per heavy atom. The second kappa shape index (κ2) is 11.1. The number of hydrogen-bond acceptors (Lipinski definition) is 6. The van der Waals surface area contributed by atoms with E-state index in [1.165, 1.54) is 30.2 Å². The van der Waals surface area contributed by atoms with Gasteiger partial charge in [-0.1, -0.05) is 24.6 Å². The van der Waals surface area contributed by atoms with Gasteiger partial charge in [0.2, 0.25) is 11.8 Å². The molecule has 3 amide bonds. The maximum atomic E-state index is 12.6. The van der Waals surface area contributed by atoms with Crippen LogP contribution in [0.15, 0.2) is 54.7 Å². The highest BCUT2D eigenvalue weighted by molar-refractivity contribution is 6.05. The third-order valence-electron chi connectivity index (χ3n) is 8.25. The van der Waals surface area contributed by atoms with Crippen LogP contribution in [0.1, 0.15) is 72.3 Å². The first-order chi connectivity index (χ1) is 19.1. The summed E-state index contributed by atoms with van der Waals surface area (Å²) in [6.07, 6.45) is 8.68. The zero-order chi connectivity index (χ0) is 26.8. The molecule has 2 saturated heterocycles. The normalized spacial score (nSPS) is 21.6. The van der Waals surface area contributed by atoms with Crippen molar-refractivity contribution in [2.75, 3.05) is 13.1 Å². The van der Waals surface area contributed by atoms with Crippen LogP contribution < -0.4 is 15.4 Å². The average Bonchev–Trinajstić information content (AvgIpc) is 3.24. The third-order valence-corrected chi connectivity index (χ3v) is 8.25. The topological polar surface area (TPSA) is 101 Å². The second-order valence-electron chi connectivity index (χ2n) is 10.9. The number of hydrogen-bond donors (Lipinski definition) is 2. The van der Waals surface area contributed by atoms with E-state index in [2.05, 4.69) is 39.9 Å². The molecular formula is C31H34N4O4. The fourth-order valence-electron chi connectivity index (χ4n) is 5.98. The van der Waals surface area contributed by atoms with Gasteiger partial charge in [0.25, 0.3) is 5.91 Å². The average molecular weight is 527 g/mol. The van der Waals surface area contributed by atoms with Crippen molar-refractivity contribution in [3.63, 3.8) is 0 Å². The molecule has 4 aliphatic rings. The minimum absolute atomic E-state index is 0.145. The maximum absolute atomic E-state index is 12.6. The zero-order valence-electron chi connectivity index (χ0n) is 22.0. The molecule has 1 aliphatic carbocycles. The van der Waals surface area contributed by atoms with Crippen molar-refractivity contribution in [1.29, 1.82) is 0 Å². The number of fused-ring (bicyclic) bond motifs is 2. The van der Waals surface area contributed by atoms with Gasteiger partial charge in [0.05, 0.1) is 11.6 Å². The van der Waals surface area contributed by atoms with Crippen LogP contribution in [0.25, 0.3) is 10.9 Å². The van der Waals surface area contributed by atoms with Crippen molar-refractivity contribution in [3.8, 4) is 5.75 Å². The quantitative estimate of drug-likeness (QED) is 0.497. The lowest BCUT2D eigenvalue weighted by Crippen LogP contribution is -2.52. The molecule has 1 saturated carbocycles. The summed E-state index contributed by atoms with van der Waals surface area (Å²) in [7, 11) is 0. The Labute approximate surface area is 228 Å². The lowest BCUT2D eigenvalue weighted by molar-refractivity contribution is -0.136. The predicted molar refractivity (Wildman–Crippen MR) is 147 cm³/mol. The fraction of sp³-hybridized carbons (Fsp3) is 0.419. The Morgan fingerprint density at radius 3 is 2.51 bits per heavy atom. The number of aromatic nitrogens is 1. The van der Waals surface area contributed by atoms with E-state index >= 15 is 0 Å². The van der Waals surface area contributed by atoms with Crippen LogP contribution in [0.3, 0.4) is 0 Å². The molecule has 8 heteroatoms. The van der Waals surface area contributed by atoms with E-state index < -0.39 is 6.04 Å². The Hall–Kier alpha value is -3.78. The molecule has 1 aromatic heterocycles. The predicted octanol–water partition coefficient (Wildman–Crippen LogP) is 4.08. The Balaban J connectivity index is 0.000000166. The summed E-state index contributed by atoms with van der Waals surface area (Å²) in [6.45, 7) is 2.60. The van der Waals surface area contributed by atoms with Crippen molar-refractivity contribution in [1.82, 2.24) is 20.5 Å². The van der Waals surface area contributed by atoms with E-state index in [1.54, 1.807) is 11.0 Å². The van der Waals surface area contributed by atoms with Gasteiger partial charge >= 0.3 is 0 Å². The number of carbonyl (C=O) groups excluding carboxylic acids is 3. The molecule has 7 rings (SSSR count). The SMILES string of the molecule is O=C1CCC(N2Cc3cc(OC4CCCCC4)ccc3C2=O)C(=O)N1.c1ccc2c(C3CNC3)ccnc2c1. The number of amides is 3. The first-order valence-corrected chi connectivity index (χ1v) is 14.1. The van der Waals surface area contributed by atoms with Gasteiger partial charge in [-0.05, 0) is 73.6 Å². The number of pyridine rings is 1. The monoisotopic (exact) mass is 526 g/mol. The first kappa shape index (κ1) is 25.5. The van der Waals surface area contributed by atoms with Gasteiger partial charge in [-0.2, -0.15) is 0 Å². The van der Waals surface area contributed by atoms with Crippen LogP contribution in [0.4, 0.5) is 0 Å². The molecule has 3 fully saturated rings. The molecular weight excluding hydrogens is 492 g/mol. The van der Waals surface area contributed by atoms with Crippen molar-refractivity contribution in [3.05, 3.63) is 71.4 Å². The molecule has 0 spiro atoms. The molecule has 8 nitrogen and oxygen atoms in total. The Morgan fingerprint density at radius 2 is 1.74 bits per heavy atom. The highest BCUT2D eigenvalue weighted by Gasteiger charge is 2.39. The molecule has 1 atom stereocenters. The van der Waals surface area contributed by atoms with E-state index in [1.807, 2.05) is 24.4 Å². The molecule has 3 aliphatic heterocycles. The highest BCUT2D eigenvalue weighted by Crippen LogP contribution is 2.32. The molecule has 2 aromatic carbocycles. The number of nitrogens with one attached hydrogen (secondary N) is 2. The van der Waals surface area contributed by atoms with E-state index in [0.29, 0.717) is 24.4 Å². The van der Waals surface area contributed by atoms with Crippen LogP contribution >= 0.6 is 0 Å². The smallest absolute Gasteiger partial charge is 0.255 e. The largest absolute Gasteiger partial charge is 0.490 e. The van der Waals surface area contributed by atoms with E-state index in [9.17, 15) is 14.4 Å². The van der Waals surface area contributed by atoms with Gasteiger partial charge in [-0.25, -0.2) is 0 Å². The summed E-state index contributed by atoms with van der Waals surface area (Å²) in [5.74, 6) is 0.685. The van der Waals surface area contributed by atoms with Gasteiger partial charge < -0.3 is 15.0 Å². The van der Waals surface area contributed by atoms with Crippen LogP contribution in [-0.4, -0.2) is 52.8 Å². The number of ether oxygens (including phenoxy) is 1. The zero-order valence-corrected chi connectivity index (χ0v) is 22.0. The minimum atomic E-state index is -0.569. The number of para-hydroxylation sites is 1. The number of carbonyl (C=O) groups is 3. The summed E-state index contributed by atoms with van der Waals surface area (Å²) < 4.78 is 6.08. The van der Waals surface area contributed by atoms with Crippen LogP contribution in [0.2, 0.25) is 0 Å². The molecule has 2 N–H and O–H groups in total. The van der Waals surface area contributed by atoms with E-state index in [-0.39, 0.29) is 30.2 Å². The van der Waals surface area contributed by atoms with Crippen molar-refractivity contribution >= 4 is 28.6 Å². The van der Waals surface area contributed by atoms with Crippen LogP contribution in [0, 0.1) is 0 Å². The number of benzene rings is 2. The van der Waals surface area contributed by atoms with Gasteiger partial charge in [-0.3, -0.25) is 24.7 Å². The van der Waals surface area contributed by atoms with Gasteiger partial charge in [-0.15, -0.1) is 0 Å². The van der Waals surface area contributed by atoms with Crippen LogP contribution in [-0.2, 0) is 16.1 Å². The molecule has 39 heavy (non-hydrogen) atoms. The Bertz CT molecular complexity index is 1390. The third kappa shape index (κ3) is 5.39. The van der Waals surface area contributed by atoms with Gasteiger partial charge in [0, 0.05) is 49.1 Å². The Kier molecular flexibility index (Phi) is 7.28. The lowest BCUT2D eigenvalue weighted by Gasteiger charge is -2.29. The molecule has 4 heterocycles. The molecule has 202 valence electrons. The van der Waals surface area contributed by atoms with Crippen molar-refractivity contribution in [2.45, 2.75) is 69.6 Å². The number of imide groups is 1. The van der Waals surface area contributed by atoms with Gasteiger partial charge in [0.1, 0.15) is 11.8 Å². The second-order valence-corrected chi connectivity index (χ2v) is 10.9. The van der Waals surface area contributed by atoms with Crippen molar-refractivity contribution < 1.29 is 19.1 Å². The van der Waals surface area contributed by atoms with Gasteiger partial charge in [0.15, 0.2) is 0 Å². The number of piperidine rings is 1. The lowest BCUT2D eigenvalue weighted by atomic mass is 9.91. The molecule has 3 aromatic rings. The van der Waals surface area contributed by atoms with E-state index in [4.69, 9.17) is 4.74 Å². The highest BCUT2D eigenvalue weighted by atomic mass is 16.5. The molecule has 0 bridgehead atoms. The number of rotatable bonds is 4. The summed E-state index contributed by atoms with van der Waals surface area (Å²) in [5.41, 5.74) is 4.06. The van der Waals surface area contributed by atoms with E-state index in [0.717, 1.165) is 42.8 Å². The molecule has 0 radical (unpaired) electrons. The number of nitrogens with zero attached hydrogens (tertiary/aromatic N) is 2. The van der Waals surface area contributed by atoms with Crippen LogP contribution in [0.5, 0.6) is 5.75 Å².